The number of rotatable bonds is 0. The highest BCUT2D eigenvalue weighted by Gasteiger charge is 2.42. The summed E-state index contributed by atoms with van der Waals surface area (Å²) in [5.74, 6) is 0.700. The molecule has 1 heterocycles. The maximum atomic E-state index is 7.65. The second-order valence-electron chi connectivity index (χ2n) is 5.32. The van der Waals surface area contributed by atoms with Gasteiger partial charge in [0.05, 0.1) is 5.84 Å². The summed E-state index contributed by atoms with van der Waals surface area (Å²) < 4.78 is 0. The minimum absolute atomic E-state index is 0.176. The Morgan fingerprint density at radius 2 is 1.75 bits per heavy atom. The minimum atomic E-state index is 0.176. The molecule has 0 bridgehead atoms. The normalized spacial score (nSPS) is 25.9. The fourth-order valence-corrected chi connectivity index (χ4v) is 2.54. The number of nitrogens with zero attached hydrogens (tertiary/aromatic N) is 1. The van der Waals surface area contributed by atoms with E-state index in [9.17, 15) is 0 Å². The van der Waals surface area contributed by atoms with Crippen LogP contribution in [0.3, 0.4) is 0 Å². The van der Waals surface area contributed by atoms with E-state index < -0.39 is 0 Å². The molecule has 12 heavy (non-hydrogen) atoms. The zero-order valence-corrected chi connectivity index (χ0v) is 8.86. The van der Waals surface area contributed by atoms with Crippen LogP contribution in [0.15, 0.2) is 0 Å². The monoisotopic (exact) mass is 168 g/mol. The molecule has 0 unspecified atom stereocenters. The molecule has 1 aliphatic heterocycles. The Hall–Kier alpha value is -0.530. The standard InChI is InChI=1S/C10H20N2/c1-8(11)12-7-9(2,3)6-10(12,4)5/h11H,6-7H2,1-5H3. The molecule has 0 aliphatic carbocycles. The summed E-state index contributed by atoms with van der Waals surface area (Å²) in [4.78, 5) is 2.20. The van der Waals surface area contributed by atoms with Gasteiger partial charge in [-0.1, -0.05) is 13.8 Å². The molecule has 70 valence electrons. The van der Waals surface area contributed by atoms with Crippen LogP contribution in [0.1, 0.15) is 41.0 Å². The molecule has 0 aromatic heterocycles. The first-order valence-electron chi connectivity index (χ1n) is 4.57. The molecule has 1 saturated heterocycles. The lowest BCUT2D eigenvalue weighted by atomic mass is 9.86. The summed E-state index contributed by atoms with van der Waals surface area (Å²) in [6.45, 7) is 11.9. The second kappa shape index (κ2) is 2.48. The molecule has 0 aromatic carbocycles. The third-order valence-corrected chi connectivity index (χ3v) is 2.63. The zero-order valence-electron chi connectivity index (χ0n) is 8.86. The predicted octanol–water partition coefficient (Wildman–Crippen LogP) is 2.49. The van der Waals surface area contributed by atoms with Crippen LogP contribution in [0, 0.1) is 10.8 Å². The maximum Gasteiger partial charge on any atom is 0.0930 e. The fraction of sp³-hybridized carbons (Fsp3) is 0.900. The van der Waals surface area contributed by atoms with E-state index in [2.05, 4.69) is 32.6 Å². The van der Waals surface area contributed by atoms with E-state index in [1.807, 2.05) is 6.92 Å². The van der Waals surface area contributed by atoms with Crippen LogP contribution in [-0.2, 0) is 0 Å². The third-order valence-electron chi connectivity index (χ3n) is 2.63. The lowest BCUT2D eigenvalue weighted by Crippen LogP contribution is -2.41. The average Bonchev–Trinajstić information content (AvgIpc) is 1.99. The van der Waals surface area contributed by atoms with Gasteiger partial charge in [-0.05, 0) is 32.6 Å². The predicted molar refractivity (Wildman–Crippen MR) is 52.6 cm³/mol. The molecular weight excluding hydrogens is 148 g/mol. The van der Waals surface area contributed by atoms with Gasteiger partial charge in [0.15, 0.2) is 0 Å². The summed E-state index contributed by atoms with van der Waals surface area (Å²) >= 11 is 0. The van der Waals surface area contributed by atoms with Gasteiger partial charge in [-0.3, -0.25) is 5.41 Å². The topological polar surface area (TPSA) is 27.1 Å². The molecule has 2 heteroatoms. The first kappa shape index (κ1) is 9.56. The molecule has 0 saturated carbocycles. The summed E-state index contributed by atoms with van der Waals surface area (Å²) in [6, 6.07) is 0. The SMILES string of the molecule is CC(=N)N1CC(C)(C)CC1(C)C. The van der Waals surface area contributed by atoms with Crippen molar-refractivity contribution in [2.75, 3.05) is 6.54 Å². The van der Waals surface area contributed by atoms with Crippen LogP contribution in [0.4, 0.5) is 0 Å². The van der Waals surface area contributed by atoms with Crippen molar-refractivity contribution in [1.82, 2.24) is 4.90 Å². The Labute approximate surface area is 75.5 Å². The van der Waals surface area contributed by atoms with Crippen molar-refractivity contribution < 1.29 is 0 Å². The van der Waals surface area contributed by atoms with Crippen LogP contribution in [0.2, 0.25) is 0 Å². The first-order chi connectivity index (χ1) is 5.25. The van der Waals surface area contributed by atoms with Crippen molar-refractivity contribution in [3.05, 3.63) is 0 Å². The van der Waals surface area contributed by atoms with Gasteiger partial charge in [0.25, 0.3) is 0 Å². The summed E-state index contributed by atoms with van der Waals surface area (Å²) in [7, 11) is 0. The van der Waals surface area contributed by atoms with E-state index >= 15 is 0 Å². The van der Waals surface area contributed by atoms with Crippen molar-refractivity contribution in [1.29, 1.82) is 5.41 Å². The largest absolute Gasteiger partial charge is 0.355 e. The van der Waals surface area contributed by atoms with E-state index in [0.717, 1.165) is 6.54 Å². The van der Waals surface area contributed by atoms with Crippen molar-refractivity contribution in [3.63, 3.8) is 0 Å². The van der Waals surface area contributed by atoms with Gasteiger partial charge in [0.2, 0.25) is 0 Å². The molecule has 0 atom stereocenters. The van der Waals surface area contributed by atoms with Gasteiger partial charge < -0.3 is 4.90 Å². The third kappa shape index (κ3) is 1.62. The summed E-state index contributed by atoms with van der Waals surface area (Å²) in [5, 5.41) is 7.65. The number of hydrogen-bond donors (Lipinski definition) is 1. The smallest absolute Gasteiger partial charge is 0.0930 e. The second-order valence-corrected chi connectivity index (χ2v) is 5.32. The van der Waals surface area contributed by atoms with Gasteiger partial charge in [-0.2, -0.15) is 0 Å². The number of likely N-dealkylation sites (tertiary alicyclic amines) is 1. The minimum Gasteiger partial charge on any atom is -0.355 e. The lowest BCUT2D eigenvalue weighted by molar-refractivity contribution is 0.279. The molecule has 0 radical (unpaired) electrons. The number of hydrogen-bond acceptors (Lipinski definition) is 1. The van der Waals surface area contributed by atoms with Crippen molar-refractivity contribution in [3.8, 4) is 0 Å². The lowest BCUT2D eigenvalue weighted by Gasteiger charge is -2.32. The van der Waals surface area contributed by atoms with E-state index in [4.69, 9.17) is 5.41 Å². The van der Waals surface area contributed by atoms with Gasteiger partial charge in [-0.25, -0.2) is 0 Å². The quantitative estimate of drug-likeness (QED) is 0.436. The fourth-order valence-electron chi connectivity index (χ4n) is 2.54. The molecule has 1 aliphatic rings. The van der Waals surface area contributed by atoms with E-state index in [-0.39, 0.29) is 5.54 Å². The Balaban J connectivity index is 2.85. The first-order valence-corrected chi connectivity index (χ1v) is 4.57. The van der Waals surface area contributed by atoms with Crippen molar-refractivity contribution in [2.45, 2.75) is 46.6 Å². The van der Waals surface area contributed by atoms with Crippen LogP contribution >= 0.6 is 0 Å². The van der Waals surface area contributed by atoms with E-state index in [0.29, 0.717) is 11.3 Å². The maximum absolute atomic E-state index is 7.65. The van der Waals surface area contributed by atoms with Gasteiger partial charge in [0, 0.05) is 12.1 Å². The molecule has 0 spiro atoms. The molecule has 1 N–H and O–H groups in total. The molecular formula is C10H20N2. The molecule has 0 amide bonds. The van der Waals surface area contributed by atoms with E-state index in [1.54, 1.807) is 0 Å². The van der Waals surface area contributed by atoms with Crippen LogP contribution in [0.5, 0.6) is 0 Å². The number of amidine groups is 1. The van der Waals surface area contributed by atoms with Gasteiger partial charge in [-0.15, -0.1) is 0 Å². The molecule has 2 nitrogen and oxygen atoms in total. The Morgan fingerprint density at radius 1 is 1.25 bits per heavy atom. The highest BCUT2D eigenvalue weighted by atomic mass is 15.2. The molecule has 1 fully saturated rings. The Morgan fingerprint density at radius 3 is 1.92 bits per heavy atom. The van der Waals surface area contributed by atoms with Crippen LogP contribution < -0.4 is 0 Å². The van der Waals surface area contributed by atoms with Gasteiger partial charge >= 0.3 is 0 Å². The van der Waals surface area contributed by atoms with Crippen molar-refractivity contribution >= 4 is 5.84 Å². The number of nitrogens with one attached hydrogen (secondary N) is 1. The van der Waals surface area contributed by atoms with E-state index in [1.165, 1.54) is 6.42 Å². The summed E-state index contributed by atoms with van der Waals surface area (Å²) in [6.07, 6.45) is 1.18. The Bertz CT molecular complexity index is 204. The van der Waals surface area contributed by atoms with Gasteiger partial charge in [0.1, 0.15) is 0 Å². The van der Waals surface area contributed by atoms with Crippen LogP contribution in [-0.4, -0.2) is 22.8 Å². The highest BCUT2D eigenvalue weighted by Crippen LogP contribution is 2.40. The highest BCUT2D eigenvalue weighted by molar-refractivity contribution is 5.77. The van der Waals surface area contributed by atoms with Crippen molar-refractivity contribution in [2.24, 2.45) is 5.41 Å². The molecule has 1 rings (SSSR count). The zero-order chi connectivity index (χ0) is 9.57. The Kier molecular flexibility index (Phi) is 1.97. The summed E-state index contributed by atoms with van der Waals surface area (Å²) in [5.41, 5.74) is 0.543. The molecule has 0 aromatic rings. The van der Waals surface area contributed by atoms with Crippen LogP contribution in [0.25, 0.3) is 0 Å². The average molecular weight is 168 g/mol.